The van der Waals surface area contributed by atoms with Crippen molar-refractivity contribution in [3.63, 3.8) is 0 Å². The lowest BCUT2D eigenvalue weighted by atomic mass is 9.94. The maximum Gasteiger partial charge on any atom is 0.318 e. The predicted molar refractivity (Wildman–Crippen MR) is 77.2 cm³/mol. The molecule has 0 unspecified atom stereocenters. The summed E-state index contributed by atoms with van der Waals surface area (Å²) >= 11 is 0. The number of furan rings is 1. The van der Waals surface area contributed by atoms with Crippen LogP contribution in [0, 0.1) is 5.92 Å². The highest BCUT2D eigenvalue weighted by atomic mass is 16.3. The van der Waals surface area contributed by atoms with Crippen LogP contribution in [-0.4, -0.2) is 23.5 Å². The molecule has 0 aromatic carbocycles. The summed E-state index contributed by atoms with van der Waals surface area (Å²) in [6.07, 6.45) is 10.4. The van der Waals surface area contributed by atoms with Crippen LogP contribution < -0.4 is 5.32 Å². The van der Waals surface area contributed by atoms with Gasteiger partial charge in [0.15, 0.2) is 0 Å². The Morgan fingerprint density at radius 3 is 2.70 bits per heavy atom. The molecule has 0 aliphatic heterocycles. The van der Waals surface area contributed by atoms with Gasteiger partial charge in [0.2, 0.25) is 0 Å². The van der Waals surface area contributed by atoms with Crippen LogP contribution in [0.2, 0.25) is 0 Å². The van der Waals surface area contributed by atoms with Crippen LogP contribution >= 0.6 is 0 Å². The maximum absolute atomic E-state index is 12.5. The van der Waals surface area contributed by atoms with E-state index in [4.69, 9.17) is 4.42 Å². The molecule has 0 bridgehead atoms. The molecule has 1 aromatic rings. The predicted octanol–water partition coefficient (Wildman–Crippen LogP) is 3.53. The van der Waals surface area contributed by atoms with E-state index in [1.54, 1.807) is 6.26 Å². The zero-order chi connectivity index (χ0) is 13.8. The molecule has 20 heavy (non-hydrogen) atoms. The van der Waals surface area contributed by atoms with E-state index in [1.165, 1.54) is 44.9 Å². The van der Waals surface area contributed by atoms with Crippen LogP contribution in [0.3, 0.4) is 0 Å². The van der Waals surface area contributed by atoms with Crippen molar-refractivity contribution in [1.29, 1.82) is 0 Å². The zero-order valence-corrected chi connectivity index (χ0v) is 12.0. The number of rotatable bonds is 5. The number of carbonyl (C=O) groups is 1. The third-order valence-electron chi connectivity index (χ3n) is 4.42. The van der Waals surface area contributed by atoms with Gasteiger partial charge in [0, 0.05) is 12.6 Å². The van der Waals surface area contributed by atoms with Crippen molar-refractivity contribution < 1.29 is 9.21 Å². The Balaban J connectivity index is 1.56. The highest BCUT2D eigenvalue weighted by Crippen LogP contribution is 2.32. The number of urea groups is 1. The summed E-state index contributed by atoms with van der Waals surface area (Å²) in [5.41, 5.74) is 0. The first-order valence-electron chi connectivity index (χ1n) is 7.90. The van der Waals surface area contributed by atoms with Gasteiger partial charge in [0.25, 0.3) is 0 Å². The molecule has 110 valence electrons. The Labute approximate surface area is 120 Å². The number of hydrogen-bond acceptors (Lipinski definition) is 2. The van der Waals surface area contributed by atoms with Gasteiger partial charge in [0.1, 0.15) is 5.76 Å². The van der Waals surface area contributed by atoms with Crippen molar-refractivity contribution in [2.45, 2.75) is 57.5 Å². The molecular formula is C16H24N2O2. The van der Waals surface area contributed by atoms with Gasteiger partial charge in [0.05, 0.1) is 12.8 Å². The molecule has 1 N–H and O–H groups in total. The quantitative estimate of drug-likeness (QED) is 0.894. The van der Waals surface area contributed by atoms with Crippen molar-refractivity contribution >= 4 is 6.03 Å². The van der Waals surface area contributed by atoms with E-state index in [0.717, 1.165) is 18.2 Å². The summed E-state index contributed by atoms with van der Waals surface area (Å²) < 4.78 is 5.27. The second-order valence-corrected chi connectivity index (χ2v) is 6.13. The molecule has 3 rings (SSSR count). The largest absolute Gasteiger partial charge is 0.467 e. The molecule has 1 aromatic heterocycles. The summed E-state index contributed by atoms with van der Waals surface area (Å²) in [7, 11) is 0. The van der Waals surface area contributed by atoms with Crippen molar-refractivity contribution in [2.24, 2.45) is 5.92 Å². The van der Waals surface area contributed by atoms with Gasteiger partial charge in [-0.05, 0) is 43.7 Å². The minimum Gasteiger partial charge on any atom is -0.467 e. The number of carbonyl (C=O) groups excluding carboxylic acids is 1. The Morgan fingerprint density at radius 2 is 2.05 bits per heavy atom. The second kappa shape index (κ2) is 6.33. The molecule has 2 aliphatic rings. The Kier molecular flexibility index (Phi) is 4.28. The van der Waals surface area contributed by atoms with Crippen LogP contribution in [0.4, 0.5) is 4.79 Å². The van der Waals surface area contributed by atoms with Gasteiger partial charge in [-0.1, -0.05) is 19.3 Å². The molecule has 0 saturated heterocycles. The monoisotopic (exact) mass is 276 g/mol. The molecule has 2 saturated carbocycles. The Morgan fingerprint density at radius 1 is 1.25 bits per heavy atom. The molecule has 2 fully saturated rings. The number of nitrogens with one attached hydrogen (secondary N) is 1. The van der Waals surface area contributed by atoms with Gasteiger partial charge < -0.3 is 14.6 Å². The molecule has 2 amide bonds. The van der Waals surface area contributed by atoms with Gasteiger partial charge in [-0.25, -0.2) is 4.79 Å². The third-order valence-corrected chi connectivity index (χ3v) is 4.42. The average molecular weight is 276 g/mol. The average Bonchev–Trinajstić information content (AvgIpc) is 3.16. The van der Waals surface area contributed by atoms with Gasteiger partial charge in [-0.2, -0.15) is 0 Å². The van der Waals surface area contributed by atoms with Crippen molar-refractivity contribution in [2.75, 3.05) is 6.54 Å². The van der Waals surface area contributed by atoms with Gasteiger partial charge >= 0.3 is 6.03 Å². The fourth-order valence-corrected chi connectivity index (χ4v) is 3.05. The van der Waals surface area contributed by atoms with Crippen molar-refractivity contribution in [3.8, 4) is 0 Å². The van der Waals surface area contributed by atoms with Crippen LogP contribution in [0.15, 0.2) is 22.8 Å². The molecule has 0 atom stereocenters. The highest BCUT2D eigenvalue weighted by molar-refractivity contribution is 5.74. The fraction of sp³-hybridized carbons (Fsp3) is 0.688. The summed E-state index contributed by atoms with van der Waals surface area (Å²) in [6.45, 7) is 1.42. The summed E-state index contributed by atoms with van der Waals surface area (Å²) in [5, 5.41) is 3.01. The lowest BCUT2D eigenvalue weighted by molar-refractivity contribution is 0.151. The summed E-state index contributed by atoms with van der Waals surface area (Å²) in [4.78, 5) is 14.6. The normalized spacial score (nSPS) is 19.8. The Hall–Kier alpha value is -1.45. The molecule has 4 heteroatoms. The topological polar surface area (TPSA) is 45.5 Å². The highest BCUT2D eigenvalue weighted by Gasteiger charge is 2.31. The number of amides is 2. The van der Waals surface area contributed by atoms with Crippen LogP contribution in [-0.2, 0) is 6.54 Å². The van der Waals surface area contributed by atoms with E-state index in [9.17, 15) is 4.79 Å². The smallest absolute Gasteiger partial charge is 0.318 e. The molecule has 2 aliphatic carbocycles. The van der Waals surface area contributed by atoms with E-state index in [-0.39, 0.29) is 6.03 Å². The third kappa shape index (κ3) is 3.56. The maximum atomic E-state index is 12.5. The van der Waals surface area contributed by atoms with E-state index in [0.29, 0.717) is 12.6 Å². The fourth-order valence-electron chi connectivity index (χ4n) is 3.05. The van der Waals surface area contributed by atoms with E-state index in [1.807, 2.05) is 12.1 Å². The first-order valence-corrected chi connectivity index (χ1v) is 7.90. The first kappa shape index (κ1) is 13.5. The second-order valence-electron chi connectivity index (χ2n) is 6.13. The van der Waals surface area contributed by atoms with Gasteiger partial charge in [-0.15, -0.1) is 0 Å². The Bertz CT molecular complexity index is 420. The minimum atomic E-state index is 0.0835. The molecule has 4 nitrogen and oxygen atoms in total. The van der Waals surface area contributed by atoms with Crippen molar-refractivity contribution in [1.82, 2.24) is 10.2 Å². The van der Waals surface area contributed by atoms with Crippen LogP contribution in [0.1, 0.15) is 50.7 Å². The van der Waals surface area contributed by atoms with Crippen LogP contribution in [0.25, 0.3) is 0 Å². The standard InChI is InChI=1S/C16H24N2O2/c19-16(17-11-15-7-4-10-20-15)18(12-13-8-9-13)14-5-2-1-3-6-14/h4,7,10,13-14H,1-3,5-6,8-9,11-12H2,(H,17,19). The van der Waals surface area contributed by atoms with E-state index >= 15 is 0 Å². The lowest BCUT2D eigenvalue weighted by Gasteiger charge is -2.34. The number of nitrogens with zero attached hydrogens (tertiary/aromatic N) is 1. The number of hydrogen-bond donors (Lipinski definition) is 1. The first-order chi connectivity index (χ1) is 9.83. The van der Waals surface area contributed by atoms with Crippen molar-refractivity contribution in [3.05, 3.63) is 24.2 Å². The molecule has 0 radical (unpaired) electrons. The van der Waals surface area contributed by atoms with E-state index in [2.05, 4.69) is 10.2 Å². The summed E-state index contributed by atoms with van der Waals surface area (Å²) in [6, 6.07) is 4.28. The SMILES string of the molecule is O=C(NCc1ccco1)N(CC1CC1)C1CCCCC1. The minimum absolute atomic E-state index is 0.0835. The molecule has 1 heterocycles. The molecule has 0 spiro atoms. The van der Waals surface area contributed by atoms with Crippen LogP contribution in [0.5, 0.6) is 0 Å². The van der Waals surface area contributed by atoms with E-state index < -0.39 is 0 Å². The zero-order valence-electron chi connectivity index (χ0n) is 12.0. The summed E-state index contributed by atoms with van der Waals surface area (Å²) in [5.74, 6) is 1.56. The van der Waals surface area contributed by atoms with Gasteiger partial charge in [-0.3, -0.25) is 0 Å². The molecular weight excluding hydrogens is 252 g/mol. The lowest BCUT2D eigenvalue weighted by Crippen LogP contribution is -2.47.